The number of aliphatic hydroxyl groups excluding tert-OH is 1. The first kappa shape index (κ1) is 9.28. The number of H-pyrrole nitrogens is 1. The van der Waals surface area contributed by atoms with E-state index in [-0.39, 0.29) is 6.10 Å². The second-order valence-corrected chi connectivity index (χ2v) is 3.77. The van der Waals surface area contributed by atoms with Crippen LogP contribution in [0.3, 0.4) is 0 Å². The highest BCUT2D eigenvalue weighted by Crippen LogP contribution is 2.15. The van der Waals surface area contributed by atoms with Crippen LogP contribution in [-0.4, -0.2) is 16.2 Å². The third kappa shape index (κ3) is 1.96. The monoisotopic (exact) mass is 189 g/mol. The van der Waals surface area contributed by atoms with Gasteiger partial charge in [0.1, 0.15) is 0 Å². The summed E-state index contributed by atoms with van der Waals surface area (Å²) in [6.07, 6.45) is 1.50. The van der Waals surface area contributed by atoms with Gasteiger partial charge in [0.25, 0.3) is 0 Å². The number of aromatic nitrogens is 1. The maximum atomic E-state index is 9.17. The number of aliphatic hydroxyl groups is 1. The molecule has 0 saturated carbocycles. The first-order valence-electron chi connectivity index (χ1n) is 5.00. The van der Waals surface area contributed by atoms with Gasteiger partial charge in [-0.25, -0.2) is 0 Å². The average molecular weight is 189 g/mol. The quantitative estimate of drug-likeness (QED) is 0.764. The van der Waals surface area contributed by atoms with Gasteiger partial charge < -0.3 is 10.1 Å². The Morgan fingerprint density at radius 1 is 1.36 bits per heavy atom. The highest BCUT2D eigenvalue weighted by molar-refractivity contribution is 5.80. The molecule has 0 amide bonds. The van der Waals surface area contributed by atoms with Gasteiger partial charge in [0, 0.05) is 11.2 Å². The Morgan fingerprint density at radius 2 is 2.14 bits per heavy atom. The van der Waals surface area contributed by atoms with Crippen molar-refractivity contribution in [2.75, 3.05) is 0 Å². The summed E-state index contributed by atoms with van der Waals surface area (Å²) in [4.78, 5) is 3.34. The van der Waals surface area contributed by atoms with Gasteiger partial charge in [-0.2, -0.15) is 0 Å². The summed E-state index contributed by atoms with van der Waals surface area (Å²) in [5, 5.41) is 10.4. The smallest absolute Gasteiger partial charge is 0.0515 e. The van der Waals surface area contributed by atoms with Crippen LogP contribution in [0.5, 0.6) is 0 Å². The fourth-order valence-electron chi connectivity index (χ4n) is 1.63. The summed E-state index contributed by atoms with van der Waals surface area (Å²) in [5.41, 5.74) is 2.38. The fourth-order valence-corrected chi connectivity index (χ4v) is 1.63. The molecule has 2 heteroatoms. The van der Waals surface area contributed by atoms with Crippen molar-refractivity contribution in [3.8, 4) is 0 Å². The van der Waals surface area contributed by atoms with Crippen LogP contribution in [0.4, 0.5) is 0 Å². The van der Waals surface area contributed by atoms with Crippen LogP contribution in [0.25, 0.3) is 10.9 Å². The molecule has 0 aliphatic rings. The van der Waals surface area contributed by atoms with Crippen LogP contribution in [0.2, 0.25) is 0 Å². The topological polar surface area (TPSA) is 36.0 Å². The summed E-state index contributed by atoms with van der Waals surface area (Å²) in [6, 6.07) is 10.4. The van der Waals surface area contributed by atoms with E-state index in [9.17, 15) is 5.11 Å². The van der Waals surface area contributed by atoms with Crippen molar-refractivity contribution >= 4 is 10.9 Å². The van der Waals surface area contributed by atoms with Crippen molar-refractivity contribution in [3.63, 3.8) is 0 Å². The molecule has 0 radical (unpaired) electrons. The van der Waals surface area contributed by atoms with Crippen molar-refractivity contribution in [2.45, 2.75) is 25.9 Å². The molecule has 2 rings (SSSR count). The minimum Gasteiger partial charge on any atom is -0.393 e. The van der Waals surface area contributed by atoms with Crippen molar-refractivity contribution in [2.24, 2.45) is 0 Å². The number of benzene rings is 1. The molecule has 14 heavy (non-hydrogen) atoms. The zero-order chi connectivity index (χ0) is 9.97. The SMILES string of the molecule is C[C@H](O)CCc1cc2ccccc2[nH]1. The lowest BCUT2D eigenvalue weighted by molar-refractivity contribution is 0.184. The van der Waals surface area contributed by atoms with E-state index < -0.39 is 0 Å². The molecule has 1 aromatic carbocycles. The molecule has 0 aliphatic carbocycles. The summed E-state index contributed by atoms with van der Waals surface area (Å²) >= 11 is 0. The molecular formula is C12H15NO. The van der Waals surface area contributed by atoms with Gasteiger partial charge in [0.15, 0.2) is 0 Å². The number of rotatable bonds is 3. The van der Waals surface area contributed by atoms with Gasteiger partial charge >= 0.3 is 0 Å². The number of aryl methyl sites for hydroxylation is 1. The Balaban J connectivity index is 2.19. The number of hydrogen-bond acceptors (Lipinski definition) is 1. The van der Waals surface area contributed by atoms with Crippen molar-refractivity contribution in [1.82, 2.24) is 4.98 Å². The molecule has 2 N–H and O–H groups in total. The largest absolute Gasteiger partial charge is 0.393 e. The molecule has 0 unspecified atom stereocenters. The lowest BCUT2D eigenvalue weighted by Crippen LogP contribution is -2.01. The molecule has 1 heterocycles. The van der Waals surface area contributed by atoms with Crippen LogP contribution < -0.4 is 0 Å². The van der Waals surface area contributed by atoms with Crippen LogP contribution >= 0.6 is 0 Å². The minimum absolute atomic E-state index is 0.221. The van der Waals surface area contributed by atoms with Crippen LogP contribution in [0.1, 0.15) is 19.0 Å². The van der Waals surface area contributed by atoms with Crippen LogP contribution in [0.15, 0.2) is 30.3 Å². The zero-order valence-electron chi connectivity index (χ0n) is 8.33. The second-order valence-electron chi connectivity index (χ2n) is 3.77. The van der Waals surface area contributed by atoms with Gasteiger partial charge in [-0.05, 0) is 37.3 Å². The number of fused-ring (bicyclic) bond motifs is 1. The average Bonchev–Trinajstić information content (AvgIpc) is 2.57. The van der Waals surface area contributed by atoms with E-state index in [1.165, 1.54) is 16.6 Å². The fraction of sp³-hybridized carbons (Fsp3) is 0.333. The lowest BCUT2D eigenvalue weighted by Gasteiger charge is -2.00. The molecule has 1 atom stereocenters. The highest BCUT2D eigenvalue weighted by atomic mass is 16.3. The van der Waals surface area contributed by atoms with E-state index in [0.717, 1.165) is 12.8 Å². The lowest BCUT2D eigenvalue weighted by atomic mass is 10.1. The zero-order valence-corrected chi connectivity index (χ0v) is 8.33. The van der Waals surface area contributed by atoms with Crippen molar-refractivity contribution in [3.05, 3.63) is 36.0 Å². The third-order valence-electron chi connectivity index (χ3n) is 2.42. The van der Waals surface area contributed by atoms with E-state index in [1.807, 2.05) is 19.1 Å². The number of hydrogen-bond donors (Lipinski definition) is 2. The maximum absolute atomic E-state index is 9.17. The van der Waals surface area contributed by atoms with Crippen LogP contribution in [-0.2, 0) is 6.42 Å². The molecule has 0 fully saturated rings. The van der Waals surface area contributed by atoms with E-state index in [2.05, 4.69) is 23.2 Å². The first-order valence-corrected chi connectivity index (χ1v) is 5.00. The van der Waals surface area contributed by atoms with E-state index in [4.69, 9.17) is 0 Å². The highest BCUT2D eigenvalue weighted by Gasteiger charge is 2.01. The molecule has 74 valence electrons. The summed E-state index contributed by atoms with van der Waals surface area (Å²) in [7, 11) is 0. The van der Waals surface area contributed by atoms with Crippen molar-refractivity contribution < 1.29 is 5.11 Å². The van der Waals surface area contributed by atoms with Gasteiger partial charge in [-0.15, -0.1) is 0 Å². The van der Waals surface area contributed by atoms with Crippen LogP contribution in [0, 0.1) is 0 Å². The molecule has 2 aromatic rings. The molecular weight excluding hydrogens is 174 g/mol. The summed E-state index contributed by atoms with van der Waals surface area (Å²) in [5.74, 6) is 0. The normalized spacial score (nSPS) is 13.3. The minimum atomic E-state index is -0.221. The molecule has 0 saturated heterocycles. The molecule has 0 aliphatic heterocycles. The Bertz CT molecular complexity index is 384. The van der Waals surface area contributed by atoms with Crippen molar-refractivity contribution in [1.29, 1.82) is 0 Å². The Morgan fingerprint density at radius 3 is 2.86 bits per heavy atom. The number of aromatic amines is 1. The Labute approximate surface area is 83.6 Å². The first-order chi connectivity index (χ1) is 6.75. The maximum Gasteiger partial charge on any atom is 0.0515 e. The second kappa shape index (κ2) is 3.84. The van der Waals surface area contributed by atoms with Gasteiger partial charge in [0.05, 0.1) is 6.10 Å². The third-order valence-corrected chi connectivity index (χ3v) is 2.42. The number of para-hydroxylation sites is 1. The van der Waals surface area contributed by atoms with E-state index in [0.29, 0.717) is 0 Å². The molecule has 0 bridgehead atoms. The Kier molecular flexibility index (Phi) is 2.55. The summed E-state index contributed by atoms with van der Waals surface area (Å²) < 4.78 is 0. The summed E-state index contributed by atoms with van der Waals surface area (Å²) in [6.45, 7) is 1.82. The number of nitrogens with one attached hydrogen (secondary N) is 1. The van der Waals surface area contributed by atoms with E-state index >= 15 is 0 Å². The van der Waals surface area contributed by atoms with Gasteiger partial charge in [-0.3, -0.25) is 0 Å². The molecule has 0 spiro atoms. The standard InChI is InChI=1S/C12H15NO/c1-9(14)6-7-11-8-10-4-2-3-5-12(10)13-11/h2-5,8-9,13-14H,6-7H2,1H3/t9-/m0/s1. The van der Waals surface area contributed by atoms with E-state index in [1.54, 1.807) is 0 Å². The predicted molar refractivity (Wildman–Crippen MR) is 58.3 cm³/mol. The van der Waals surface area contributed by atoms with Gasteiger partial charge in [-0.1, -0.05) is 18.2 Å². The molecule has 2 nitrogen and oxygen atoms in total. The van der Waals surface area contributed by atoms with Gasteiger partial charge in [0.2, 0.25) is 0 Å². The Hall–Kier alpha value is -1.28. The molecule has 1 aromatic heterocycles. The predicted octanol–water partition coefficient (Wildman–Crippen LogP) is 2.48.